The zero-order valence-electron chi connectivity index (χ0n) is 18.0. The van der Waals surface area contributed by atoms with Crippen LogP contribution in [0, 0.1) is 0 Å². The maximum atomic E-state index is 7.45. The van der Waals surface area contributed by atoms with Crippen LogP contribution in [0.25, 0.3) is 22.3 Å². The molecule has 0 aliphatic heterocycles. The molecule has 2 aromatic heterocycles. The third kappa shape index (κ3) is 3.60. The van der Waals surface area contributed by atoms with Gasteiger partial charge in [-0.1, -0.05) is 6.07 Å². The van der Waals surface area contributed by atoms with Gasteiger partial charge in [-0.15, -0.1) is 0 Å². The molecule has 0 amide bonds. The Hall–Kier alpha value is -3.41. The average Bonchev–Trinajstić information content (AvgIpc) is 3.24. The Kier molecular flexibility index (Phi) is 3.60. The Labute approximate surface area is 161 Å². The molecular weight excluding hydrogens is 340 g/mol. The number of fused-ring (bicyclic) bond motifs is 1. The summed E-state index contributed by atoms with van der Waals surface area (Å²) in [5.74, 6) is 1.47. The van der Waals surface area contributed by atoms with Gasteiger partial charge in [0.1, 0.15) is 11.5 Å². The number of aryl methyl sites for hydroxylation is 1. The van der Waals surface area contributed by atoms with E-state index in [4.69, 9.17) is 13.6 Å². The molecule has 2 aromatic carbocycles. The lowest BCUT2D eigenvalue weighted by Gasteiger charge is -2.09. The first kappa shape index (κ1) is 13.7. The summed E-state index contributed by atoms with van der Waals surface area (Å²) in [5.41, 5.74) is 4.76. The minimum Gasteiger partial charge on any atom is -0.497 e. The van der Waals surface area contributed by atoms with Crippen molar-refractivity contribution in [1.82, 2.24) is 19.7 Å². The number of methoxy groups -OCH3 is 2. The predicted octanol–water partition coefficient (Wildman–Crippen LogP) is 3.64. The van der Waals surface area contributed by atoms with Crippen molar-refractivity contribution >= 4 is 11.0 Å². The highest BCUT2D eigenvalue weighted by molar-refractivity contribution is 5.77. The summed E-state index contributed by atoms with van der Waals surface area (Å²) in [6.07, 6.45) is 5.23. The van der Waals surface area contributed by atoms with Gasteiger partial charge in [-0.3, -0.25) is 9.67 Å². The number of nitrogens with zero attached hydrogens (tertiary/aromatic N) is 4. The lowest BCUT2D eigenvalue weighted by Crippen LogP contribution is -1.94. The summed E-state index contributed by atoms with van der Waals surface area (Å²) in [4.78, 5) is 9.11. The van der Waals surface area contributed by atoms with Gasteiger partial charge in [0.15, 0.2) is 0 Å². The molecule has 0 saturated heterocycles. The van der Waals surface area contributed by atoms with Crippen molar-refractivity contribution in [3.8, 4) is 22.8 Å². The molecule has 136 valence electrons. The van der Waals surface area contributed by atoms with Gasteiger partial charge in [-0.05, 0) is 41.8 Å². The van der Waals surface area contributed by atoms with Gasteiger partial charge in [0, 0.05) is 28.9 Å². The molecule has 6 heteroatoms. The number of ether oxygens (including phenoxy) is 2. The Balaban J connectivity index is 1.66. The molecule has 0 saturated carbocycles. The van der Waals surface area contributed by atoms with Gasteiger partial charge in [0.25, 0.3) is 0 Å². The molecule has 0 spiro atoms. The first-order chi connectivity index (χ1) is 14.4. The molecule has 4 aromatic rings. The normalized spacial score (nSPS) is 13.0. The fraction of sp³-hybridized carbons (Fsp3) is 0.190. The molecule has 0 aliphatic carbocycles. The van der Waals surface area contributed by atoms with Crippen LogP contribution in [-0.2, 0) is 13.4 Å². The summed E-state index contributed by atoms with van der Waals surface area (Å²) in [6, 6.07) is 11.7. The largest absolute Gasteiger partial charge is 0.497 e. The SMILES string of the molecule is [2H]C([2H])([2H])n1cc(-c2cnc3ccc(Cc4cc(OC)cc(OC)c4)cc3n2)cn1. The van der Waals surface area contributed by atoms with E-state index in [1.54, 1.807) is 20.4 Å². The van der Waals surface area contributed by atoms with Crippen molar-refractivity contribution in [2.24, 2.45) is 6.98 Å². The predicted molar refractivity (Wildman–Crippen MR) is 104 cm³/mol. The fourth-order valence-corrected chi connectivity index (χ4v) is 2.97. The van der Waals surface area contributed by atoms with E-state index in [-0.39, 0.29) is 0 Å². The van der Waals surface area contributed by atoms with Gasteiger partial charge < -0.3 is 9.47 Å². The van der Waals surface area contributed by atoms with Crippen molar-refractivity contribution in [3.63, 3.8) is 0 Å². The van der Waals surface area contributed by atoms with E-state index >= 15 is 0 Å². The third-order valence-corrected chi connectivity index (χ3v) is 4.30. The second kappa shape index (κ2) is 7.07. The maximum Gasteiger partial charge on any atom is 0.122 e. The monoisotopic (exact) mass is 363 g/mol. The second-order valence-corrected chi connectivity index (χ2v) is 6.15. The number of benzene rings is 2. The summed E-state index contributed by atoms with van der Waals surface area (Å²) in [7, 11) is 3.25. The number of rotatable bonds is 5. The van der Waals surface area contributed by atoms with Crippen molar-refractivity contribution in [3.05, 3.63) is 66.1 Å². The summed E-state index contributed by atoms with van der Waals surface area (Å²) in [6.45, 7) is -2.33. The minimum atomic E-state index is -2.33. The van der Waals surface area contributed by atoms with Gasteiger partial charge in [0.05, 0.1) is 43.3 Å². The molecule has 4 rings (SSSR count). The van der Waals surface area contributed by atoms with E-state index in [0.717, 1.165) is 38.3 Å². The van der Waals surface area contributed by atoms with Crippen LogP contribution in [0.15, 0.2) is 55.0 Å². The smallest absolute Gasteiger partial charge is 0.122 e. The lowest BCUT2D eigenvalue weighted by atomic mass is 10.0. The molecule has 0 aliphatic rings. The zero-order valence-corrected chi connectivity index (χ0v) is 15.0. The highest BCUT2D eigenvalue weighted by Gasteiger charge is 2.07. The molecule has 0 N–H and O–H groups in total. The van der Waals surface area contributed by atoms with E-state index in [0.29, 0.717) is 17.7 Å². The van der Waals surface area contributed by atoms with Crippen LogP contribution in [-0.4, -0.2) is 34.0 Å². The van der Waals surface area contributed by atoms with Crippen LogP contribution in [0.4, 0.5) is 0 Å². The van der Waals surface area contributed by atoms with E-state index in [2.05, 4.69) is 15.1 Å². The maximum absolute atomic E-state index is 7.45. The van der Waals surface area contributed by atoms with Gasteiger partial charge in [-0.2, -0.15) is 5.10 Å². The fourth-order valence-electron chi connectivity index (χ4n) is 2.97. The number of aromatic nitrogens is 4. The molecule has 0 radical (unpaired) electrons. The van der Waals surface area contributed by atoms with Crippen LogP contribution in [0.3, 0.4) is 0 Å². The first-order valence-corrected chi connectivity index (χ1v) is 8.39. The van der Waals surface area contributed by atoms with E-state index < -0.39 is 6.98 Å². The molecule has 27 heavy (non-hydrogen) atoms. The zero-order chi connectivity index (χ0) is 21.3. The molecular formula is C21H20N4O2. The minimum absolute atomic E-state index is 0.568. The van der Waals surface area contributed by atoms with Crippen molar-refractivity contribution in [2.75, 3.05) is 14.2 Å². The van der Waals surface area contributed by atoms with Crippen LogP contribution in [0.2, 0.25) is 0 Å². The summed E-state index contributed by atoms with van der Waals surface area (Å²) in [5, 5.41) is 3.91. The Morgan fingerprint density at radius 3 is 2.48 bits per heavy atom. The quantitative estimate of drug-likeness (QED) is 0.542. The van der Waals surface area contributed by atoms with Gasteiger partial charge >= 0.3 is 0 Å². The van der Waals surface area contributed by atoms with Crippen LogP contribution >= 0.6 is 0 Å². The van der Waals surface area contributed by atoms with Crippen LogP contribution in [0.1, 0.15) is 15.2 Å². The molecule has 0 atom stereocenters. The molecule has 0 fully saturated rings. The standard InChI is InChI=1S/C21H20N4O2/c1-25-13-16(11-23-25)21-12-22-19-5-4-14(9-20(19)24-21)6-15-7-17(26-2)10-18(8-15)27-3/h4-5,7-13H,6H2,1-3H3/i1D3. The lowest BCUT2D eigenvalue weighted by molar-refractivity contribution is 0.393. The summed E-state index contributed by atoms with van der Waals surface area (Å²) < 4.78 is 34.0. The third-order valence-electron chi connectivity index (χ3n) is 4.30. The number of hydrogen-bond acceptors (Lipinski definition) is 5. The van der Waals surface area contributed by atoms with Crippen molar-refractivity contribution in [1.29, 1.82) is 0 Å². The Bertz CT molecular complexity index is 1180. The molecule has 6 nitrogen and oxygen atoms in total. The van der Waals surface area contributed by atoms with Crippen molar-refractivity contribution < 1.29 is 13.6 Å². The van der Waals surface area contributed by atoms with E-state index in [9.17, 15) is 0 Å². The van der Waals surface area contributed by atoms with E-state index in [1.807, 2.05) is 36.4 Å². The number of hydrogen-bond donors (Lipinski definition) is 0. The highest BCUT2D eigenvalue weighted by atomic mass is 16.5. The van der Waals surface area contributed by atoms with Crippen molar-refractivity contribution in [2.45, 2.75) is 6.42 Å². The first-order valence-electron chi connectivity index (χ1n) is 9.89. The molecule has 0 unspecified atom stereocenters. The average molecular weight is 363 g/mol. The molecule has 2 heterocycles. The highest BCUT2D eigenvalue weighted by Crippen LogP contribution is 2.25. The Morgan fingerprint density at radius 1 is 0.963 bits per heavy atom. The molecule has 0 bridgehead atoms. The topological polar surface area (TPSA) is 62.1 Å². The van der Waals surface area contributed by atoms with E-state index in [1.165, 1.54) is 12.4 Å². The summed E-state index contributed by atoms with van der Waals surface area (Å²) >= 11 is 0. The van der Waals surface area contributed by atoms with Crippen LogP contribution in [0.5, 0.6) is 11.5 Å². The second-order valence-electron chi connectivity index (χ2n) is 6.15. The van der Waals surface area contributed by atoms with Gasteiger partial charge in [0.2, 0.25) is 0 Å². The Morgan fingerprint density at radius 2 is 1.78 bits per heavy atom. The van der Waals surface area contributed by atoms with Crippen LogP contribution < -0.4 is 9.47 Å². The van der Waals surface area contributed by atoms with Gasteiger partial charge in [-0.25, -0.2) is 4.98 Å².